The van der Waals surface area contributed by atoms with E-state index in [4.69, 9.17) is 5.11 Å². The lowest BCUT2D eigenvalue weighted by Crippen LogP contribution is -2.26. The summed E-state index contributed by atoms with van der Waals surface area (Å²) < 4.78 is 28.5. The van der Waals surface area contributed by atoms with Crippen LogP contribution in [0, 0.1) is 6.92 Å². The molecule has 0 unspecified atom stereocenters. The second kappa shape index (κ2) is 5.96. The molecule has 0 aromatic carbocycles. The zero-order chi connectivity index (χ0) is 15.6. The molecule has 0 saturated carbocycles. The van der Waals surface area contributed by atoms with Crippen molar-refractivity contribution in [3.05, 3.63) is 33.8 Å². The number of aromatic carboxylic acids is 1. The van der Waals surface area contributed by atoms with Crippen molar-refractivity contribution in [3.8, 4) is 0 Å². The first-order valence-electron chi connectivity index (χ1n) is 6.11. The Bertz CT molecular complexity index is 761. The van der Waals surface area contributed by atoms with E-state index in [0.29, 0.717) is 11.3 Å². The maximum Gasteiger partial charge on any atom is 0.345 e. The Hall–Kier alpha value is -1.71. The molecule has 0 aliphatic heterocycles. The Morgan fingerprint density at radius 3 is 2.76 bits per heavy atom. The van der Waals surface area contributed by atoms with Crippen LogP contribution < -0.4 is 4.72 Å². The fourth-order valence-corrected chi connectivity index (χ4v) is 4.34. The summed E-state index contributed by atoms with van der Waals surface area (Å²) in [6.45, 7) is 1.81. The summed E-state index contributed by atoms with van der Waals surface area (Å²) in [5, 5.41) is 12.9. The Kier molecular flexibility index (Phi) is 4.45. The lowest BCUT2D eigenvalue weighted by Gasteiger charge is -2.06. The van der Waals surface area contributed by atoms with Gasteiger partial charge in [-0.2, -0.15) is 5.10 Å². The molecule has 0 amide bonds. The maximum absolute atomic E-state index is 12.2. The zero-order valence-electron chi connectivity index (χ0n) is 11.5. The van der Waals surface area contributed by atoms with Crippen LogP contribution in [0.15, 0.2) is 23.2 Å². The van der Waals surface area contributed by atoms with Crippen LogP contribution in [0.2, 0.25) is 0 Å². The first-order chi connectivity index (χ1) is 9.81. The van der Waals surface area contributed by atoms with E-state index in [0.717, 1.165) is 17.0 Å². The van der Waals surface area contributed by atoms with Crippen LogP contribution in [-0.2, 0) is 23.5 Å². The van der Waals surface area contributed by atoms with Gasteiger partial charge in [0, 0.05) is 36.8 Å². The highest BCUT2D eigenvalue weighted by atomic mass is 32.2. The second-order valence-corrected chi connectivity index (χ2v) is 7.42. The molecule has 7 nitrogen and oxygen atoms in total. The molecule has 0 fully saturated rings. The van der Waals surface area contributed by atoms with Gasteiger partial charge in [-0.05, 0) is 19.1 Å². The van der Waals surface area contributed by atoms with Crippen molar-refractivity contribution in [2.75, 3.05) is 6.54 Å². The second-order valence-electron chi connectivity index (χ2n) is 4.43. The number of nitrogens with one attached hydrogen (secondary N) is 1. The van der Waals surface area contributed by atoms with Crippen LogP contribution in [0.5, 0.6) is 0 Å². The largest absolute Gasteiger partial charge is 0.477 e. The molecule has 2 heterocycles. The number of rotatable bonds is 6. The van der Waals surface area contributed by atoms with E-state index in [1.165, 1.54) is 6.07 Å². The van der Waals surface area contributed by atoms with Crippen molar-refractivity contribution in [1.82, 2.24) is 14.5 Å². The Labute approximate surface area is 126 Å². The number of carboxylic acids is 1. The van der Waals surface area contributed by atoms with Gasteiger partial charge in [0.25, 0.3) is 0 Å². The quantitative estimate of drug-likeness (QED) is 0.823. The van der Waals surface area contributed by atoms with Crippen molar-refractivity contribution in [1.29, 1.82) is 0 Å². The molecular weight excluding hydrogens is 314 g/mol. The monoisotopic (exact) mass is 329 g/mol. The molecule has 0 aliphatic carbocycles. The number of hydrogen-bond acceptors (Lipinski definition) is 5. The number of carboxylic acid groups (broad SMARTS) is 1. The number of aromatic nitrogens is 2. The van der Waals surface area contributed by atoms with Crippen molar-refractivity contribution >= 4 is 27.3 Å². The van der Waals surface area contributed by atoms with Gasteiger partial charge >= 0.3 is 5.97 Å². The highest BCUT2D eigenvalue weighted by molar-refractivity contribution is 7.89. The average molecular weight is 329 g/mol. The Morgan fingerprint density at radius 1 is 1.52 bits per heavy atom. The number of nitrogens with zero attached hydrogens (tertiary/aromatic N) is 2. The molecule has 0 bridgehead atoms. The van der Waals surface area contributed by atoms with Gasteiger partial charge in [-0.15, -0.1) is 11.3 Å². The summed E-state index contributed by atoms with van der Waals surface area (Å²) in [6.07, 6.45) is 2.15. The zero-order valence-corrected chi connectivity index (χ0v) is 13.2. The summed E-state index contributed by atoms with van der Waals surface area (Å²) >= 11 is 0.950. The molecule has 114 valence electrons. The molecule has 2 rings (SSSR count). The average Bonchev–Trinajstić information content (AvgIpc) is 2.96. The standard InChI is InChI=1S/C12H15N3O4S2/c1-8-11(7-10(20-8)12(16)17)21(18,19)14-6-4-9-3-5-13-15(9)2/h3,5,7,14H,4,6H2,1-2H3,(H,16,17). The van der Waals surface area contributed by atoms with Crippen molar-refractivity contribution in [3.63, 3.8) is 0 Å². The van der Waals surface area contributed by atoms with E-state index in [-0.39, 0.29) is 16.3 Å². The molecule has 0 radical (unpaired) electrons. The van der Waals surface area contributed by atoms with Crippen molar-refractivity contribution in [2.45, 2.75) is 18.2 Å². The Balaban J connectivity index is 2.08. The van der Waals surface area contributed by atoms with Crippen molar-refractivity contribution in [2.24, 2.45) is 7.05 Å². The molecule has 0 atom stereocenters. The molecule has 2 N–H and O–H groups in total. The molecule has 0 saturated heterocycles. The van der Waals surface area contributed by atoms with Crippen LogP contribution in [0.25, 0.3) is 0 Å². The van der Waals surface area contributed by atoms with E-state index in [9.17, 15) is 13.2 Å². The molecule has 0 spiro atoms. The third-order valence-corrected chi connectivity index (χ3v) is 5.72. The first kappa shape index (κ1) is 15.7. The van der Waals surface area contributed by atoms with Gasteiger partial charge in [0.2, 0.25) is 10.0 Å². The minimum atomic E-state index is -3.70. The number of thiophene rings is 1. The van der Waals surface area contributed by atoms with Gasteiger partial charge in [0.05, 0.1) is 4.90 Å². The highest BCUT2D eigenvalue weighted by Gasteiger charge is 2.21. The predicted molar refractivity (Wildman–Crippen MR) is 78.1 cm³/mol. The first-order valence-corrected chi connectivity index (χ1v) is 8.41. The molecular formula is C12H15N3O4S2. The van der Waals surface area contributed by atoms with Crippen LogP contribution in [0.4, 0.5) is 0 Å². The fourth-order valence-electron chi connectivity index (χ4n) is 1.88. The van der Waals surface area contributed by atoms with E-state index < -0.39 is 16.0 Å². The van der Waals surface area contributed by atoms with Crippen molar-refractivity contribution < 1.29 is 18.3 Å². The third kappa shape index (κ3) is 3.49. The van der Waals surface area contributed by atoms with Gasteiger partial charge in [0.15, 0.2) is 0 Å². The van der Waals surface area contributed by atoms with Crippen LogP contribution in [0.1, 0.15) is 20.2 Å². The number of carbonyl (C=O) groups is 1. The Morgan fingerprint density at radius 2 is 2.24 bits per heavy atom. The number of hydrogen-bond donors (Lipinski definition) is 2. The third-order valence-electron chi connectivity index (χ3n) is 2.97. The topological polar surface area (TPSA) is 101 Å². The minimum Gasteiger partial charge on any atom is -0.477 e. The highest BCUT2D eigenvalue weighted by Crippen LogP contribution is 2.25. The summed E-state index contributed by atoms with van der Waals surface area (Å²) in [5.41, 5.74) is 0.908. The van der Waals surface area contributed by atoms with Crippen LogP contribution >= 0.6 is 11.3 Å². The molecule has 2 aromatic heterocycles. The fraction of sp³-hybridized carbons (Fsp3) is 0.333. The predicted octanol–water partition coefficient (Wildman–Crippen LogP) is 1.01. The summed E-state index contributed by atoms with van der Waals surface area (Å²) in [5.74, 6) is -1.13. The van der Waals surface area contributed by atoms with Gasteiger partial charge in [-0.1, -0.05) is 0 Å². The summed E-state index contributed by atoms with van der Waals surface area (Å²) in [6, 6.07) is 3.00. The van der Waals surface area contributed by atoms with Gasteiger partial charge in [0.1, 0.15) is 4.88 Å². The molecule has 9 heteroatoms. The molecule has 21 heavy (non-hydrogen) atoms. The van der Waals surface area contributed by atoms with Gasteiger partial charge in [-0.25, -0.2) is 17.9 Å². The summed E-state index contributed by atoms with van der Waals surface area (Å²) in [4.78, 5) is 11.4. The van der Waals surface area contributed by atoms with Crippen LogP contribution in [0.3, 0.4) is 0 Å². The van der Waals surface area contributed by atoms with E-state index >= 15 is 0 Å². The lowest BCUT2D eigenvalue weighted by atomic mass is 10.3. The minimum absolute atomic E-state index is 0.0134. The number of aryl methyl sites for hydroxylation is 2. The maximum atomic E-state index is 12.2. The molecule has 0 aliphatic rings. The number of sulfonamides is 1. The summed E-state index contributed by atoms with van der Waals surface area (Å²) in [7, 11) is -1.92. The van der Waals surface area contributed by atoms with Gasteiger partial charge in [-0.3, -0.25) is 4.68 Å². The van der Waals surface area contributed by atoms with E-state index in [2.05, 4.69) is 9.82 Å². The van der Waals surface area contributed by atoms with E-state index in [1.54, 1.807) is 24.9 Å². The van der Waals surface area contributed by atoms with Crippen LogP contribution in [-0.4, -0.2) is 35.8 Å². The normalized spacial score (nSPS) is 11.7. The van der Waals surface area contributed by atoms with Gasteiger partial charge < -0.3 is 5.11 Å². The lowest BCUT2D eigenvalue weighted by molar-refractivity contribution is 0.0702. The smallest absolute Gasteiger partial charge is 0.345 e. The van der Waals surface area contributed by atoms with E-state index in [1.807, 2.05) is 6.07 Å². The SMILES string of the molecule is Cc1sc(C(=O)O)cc1S(=O)(=O)NCCc1ccnn1C. The molecule has 2 aromatic rings.